The molecular formula is C15H27N. The van der Waals surface area contributed by atoms with Crippen LogP contribution in [0.1, 0.15) is 52.4 Å². The summed E-state index contributed by atoms with van der Waals surface area (Å²) in [5.41, 5.74) is 0.624. The summed E-state index contributed by atoms with van der Waals surface area (Å²) in [6.07, 6.45) is 9.24. The molecule has 0 unspecified atom stereocenters. The lowest BCUT2D eigenvalue weighted by atomic mass is 9.52. The summed E-state index contributed by atoms with van der Waals surface area (Å²) >= 11 is 0. The second-order valence-electron chi connectivity index (χ2n) is 7.42. The van der Waals surface area contributed by atoms with E-state index in [1.54, 1.807) is 19.3 Å². The summed E-state index contributed by atoms with van der Waals surface area (Å²) in [5, 5.41) is 0. The van der Waals surface area contributed by atoms with Crippen LogP contribution in [0.3, 0.4) is 0 Å². The number of hydrogen-bond donors (Lipinski definition) is 0. The monoisotopic (exact) mass is 221 g/mol. The molecule has 0 amide bonds. The lowest BCUT2D eigenvalue weighted by molar-refractivity contribution is -0.0820. The first-order valence-corrected chi connectivity index (χ1v) is 7.28. The molecule has 0 atom stereocenters. The Kier molecular flexibility index (Phi) is 2.58. The van der Waals surface area contributed by atoms with Crippen LogP contribution in [0.25, 0.3) is 0 Å². The van der Waals surface area contributed by atoms with Gasteiger partial charge < -0.3 is 4.90 Å². The Hall–Kier alpha value is -0.0400. The Balaban J connectivity index is 1.77. The van der Waals surface area contributed by atoms with Crippen LogP contribution < -0.4 is 0 Å². The molecule has 4 aliphatic rings. The molecule has 0 aliphatic heterocycles. The van der Waals surface area contributed by atoms with Gasteiger partial charge in [-0.3, -0.25) is 0 Å². The van der Waals surface area contributed by atoms with Gasteiger partial charge in [0.1, 0.15) is 0 Å². The van der Waals surface area contributed by atoms with Crippen LogP contribution in [0.15, 0.2) is 0 Å². The van der Waals surface area contributed by atoms with Gasteiger partial charge in [0.25, 0.3) is 0 Å². The maximum absolute atomic E-state index is 2.74. The van der Waals surface area contributed by atoms with E-state index in [0.29, 0.717) is 5.54 Å². The van der Waals surface area contributed by atoms with Gasteiger partial charge >= 0.3 is 0 Å². The highest BCUT2D eigenvalue weighted by Crippen LogP contribution is 2.57. The van der Waals surface area contributed by atoms with E-state index in [0.717, 1.165) is 23.7 Å². The van der Waals surface area contributed by atoms with Gasteiger partial charge in [-0.15, -0.1) is 0 Å². The van der Waals surface area contributed by atoms with Crippen LogP contribution in [-0.4, -0.2) is 24.0 Å². The predicted molar refractivity (Wildman–Crippen MR) is 68.4 cm³/mol. The minimum atomic E-state index is 0.624. The predicted octanol–water partition coefficient (Wildman–Crippen LogP) is 3.54. The molecule has 0 N–H and O–H groups in total. The van der Waals surface area contributed by atoms with E-state index in [9.17, 15) is 0 Å². The number of hydrogen-bond acceptors (Lipinski definition) is 1. The van der Waals surface area contributed by atoms with Crippen LogP contribution in [-0.2, 0) is 0 Å². The Morgan fingerprint density at radius 3 is 1.81 bits per heavy atom. The quantitative estimate of drug-likeness (QED) is 0.704. The van der Waals surface area contributed by atoms with Crippen LogP contribution in [0.4, 0.5) is 0 Å². The van der Waals surface area contributed by atoms with E-state index in [2.05, 4.69) is 25.8 Å². The highest BCUT2D eigenvalue weighted by atomic mass is 15.2. The summed E-state index contributed by atoms with van der Waals surface area (Å²) in [5.74, 6) is 4.07. The van der Waals surface area contributed by atoms with Gasteiger partial charge in [-0.05, 0) is 69.2 Å². The molecule has 4 fully saturated rings. The second kappa shape index (κ2) is 3.73. The average Bonchev–Trinajstić information content (AvgIpc) is 2.13. The zero-order valence-corrected chi connectivity index (χ0v) is 11.2. The van der Waals surface area contributed by atoms with Crippen molar-refractivity contribution >= 4 is 0 Å². The van der Waals surface area contributed by atoms with Gasteiger partial charge in [-0.2, -0.15) is 0 Å². The van der Waals surface area contributed by atoms with Crippen molar-refractivity contribution in [2.75, 3.05) is 13.6 Å². The molecule has 0 aromatic rings. The third-order valence-corrected chi connectivity index (χ3v) is 5.45. The molecular weight excluding hydrogens is 194 g/mol. The molecule has 0 spiro atoms. The Morgan fingerprint density at radius 1 is 1.00 bits per heavy atom. The zero-order chi connectivity index (χ0) is 11.3. The zero-order valence-electron chi connectivity index (χ0n) is 11.2. The molecule has 1 nitrogen and oxygen atoms in total. The maximum Gasteiger partial charge on any atom is 0.0214 e. The SMILES string of the molecule is CC(C)CN(C)C12CC3CC(CC(C3)C1)C2. The molecule has 0 aromatic heterocycles. The van der Waals surface area contributed by atoms with E-state index < -0.39 is 0 Å². The van der Waals surface area contributed by atoms with Crippen molar-refractivity contribution in [3.8, 4) is 0 Å². The lowest BCUT2D eigenvalue weighted by Gasteiger charge is -2.60. The highest BCUT2D eigenvalue weighted by Gasteiger charge is 2.52. The van der Waals surface area contributed by atoms with Crippen molar-refractivity contribution in [3.05, 3.63) is 0 Å². The van der Waals surface area contributed by atoms with Gasteiger partial charge in [0.15, 0.2) is 0 Å². The topological polar surface area (TPSA) is 3.24 Å². The molecule has 0 heterocycles. The molecule has 1 heteroatoms. The van der Waals surface area contributed by atoms with Crippen molar-refractivity contribution in [2.45, 2.75) is 57.9 Å². The van der Waals surface area contributed by atoms with Gasteiger partial charge in [0.05, 0.1) is 0 Å². The molecule has 0 radical (unpaired) electrons. The molecule has 0 aromatic carbocycles. The second-order valence-corrected chi connectivity index (χ2v) is 7.42. The summed E-state index contributed by atoms with van der Waals surface area (Å²) in [6, 6.07) is 0. The first-order valence-electron chi connectivity index (χ1n) is 7.28. The third-order valence-electron chi connectivity index (χ3n) is 5.45. The molecule has 92 valence electrons. The van der Waals surface area contributed by atoms with Crippen LogP contribution >= 0.6 is 0 Å². The summed E-state index contributed by atoms with van der Waals surface area (Å²) in [4.78, 5) is 2.74. The van der Waals surface area contributed by atoms with Crippen LogP contribution in [0.2, 0.25) is 0 Å². The van der Waals surface area contributed by atoms with Gasteiger partial charge in [0.2, 0.25) is 0 Å². The van der Waals surface area contributed by atoms with Gasteiger partial charge in [-0.1, -0.05) is 13.8 Å². The summed E-state index contributed by atoms with van der Waals surface area (Å²) in [7, 11) is 2.40. The molecule has 4 aliphatic carbocycles. The standard InChI is InChI=1S/C15H27N/c1-11(2)10-16(3)15-7-12-4-13(8-15)6-14(5-12)9-15/h11-14H,4-10H2,1-3H3. The average molecular weight is 221 g/mol. The van der Waals surface area contributed by atoms with Crippen LogP contribution in [0, 0.1) is 23.7 Å². The highest BCUT2D eigenvalue weighted by molar-refractivity contribution is 5.06. The molecule has 4 saturated carbocycles. The van der Waals surface area contributed by atoms with Crippen molar-refractivity contribution in [1.82, 2.24) is 4.90 Å². The number of nitrogens with zero attached hydrogens (tertiary/aromatic N) is 1. The van der Waals surface area contributed by atoms with Crippen molar-refractivity contribution in [3.63, 3.8) is 0 Å². The van der Waals surface area contributed by atoms with Gasteiger partial charge in [0, 0.05) is 12.1 Å². The fourth-order valence-electron chi connectivity index (χ4n) is 5.27. The normalized spacial score (nSPS) is 45.9. The summed E-state index contributed by atoms with van der Waals surface area (Å²) in [6.45, 7) is 6.01. The Bertz CT molecular complexity index is 233. The van der Waals surface area contributed by atoms with Crippen molar-refractivity contribution < 1.29 is 0 Å². The Labute approximate surface area is 101 Å². The van der Waals surface area contributed by atoms with E-state index in [1.807, 2.05) is 0 Å². The van der Waals surface area contributed by atoms with Crippen molar-refractivity contribution in [2.24, 2.45) is 23.7 Å². The van der Waals surface area contributed by atoms with E-state index in [-0.39, 0.29) is 0 Å². The van der Waals surface area contributed by atoms with Crippen molar-refractivity contribution in [1.29, 1.82) is 0 Å². The first kappa shape index (κ1) is 11.1. The molecule has 4 rings (SSSR count). The van der Waals surface area contributed by atoms with E-state index in [4.69, 9.17) is 0 Å². The van der Waals surface area contributed by atoms with Gasteiger partial charge in [-0.25, -0.2) is 0 Å². The fourth-order valence-corrected chi connectivity index (χ4v) is 5.27. The number of rotatable bonds is 3. The minimum absolute atomic E-state index is 0.624. The first-order chi connectivity index (χ1) is 7.57. The smallest absolute Gasteiger partial charge is 0.0214 e. The summed E-state index contributed by atoms with van der Waals surface area (Å²) < 4.78 is 0. The largest absolute Gasteiger partial charge is 0.300 e. The molecule has 16 heavy (non-hydrogen) atoms. The lowest BCUT2D eigenvalue weighted by Crippen LogP contribution is -2.59. The molecule has 4 bridgehead atoms. The minimum Gasteiger partial charge on any atom is -0.300 e. The van der Waals surface area contributed by atoms with E-state index in [1.165, 1.54) is 25.8 Å². The maximum atomic E-state index is 2.74. The fraction of sp³-hybridized carbons (Fsp3) is 1.00. The molecule has 0 saturated heterocycles. The van der Waals surface area contributed by atoms with E-state index >= 15 is 0 Å². The Morgan fingerprint density at radius 2 is 1.44 bits per heavy atom. The third kappa shape index (κ3) is 1.72. The van der Waals surface area contributed by atoms with Crippen LogP contribution in [0.5, 0.6) is 0 Å².